The molecular formula is C23H26ClN5O2. The summed E-state index contributed by atoms with van der Waals surface area (Å²) in [5, 5.41) is 3.45. The summed E-state index contributed by atoms with van der Waals surface area (Å²) in [6.45, 7) is 3.49. The molecule has 2 amide bonds. The zero-order valence-electron chi connectivity index (χ0n) is 17.3. The summed E-state index contributed by atoms with van der Waals surface area (Å²) in [7, 11) is 0. The minimum absolute atomic E-state index is 0.132. The summed E-state index contributed by atoms with van der Waals surface area (Å²) in [4.78, 5) is 36.9. The van der Waals surface area contributed by atoms with Crippen molar-refractivity contribution in [2.75, 3.05) is 37.6 Å². The number of imidazole rings is 1. The smallest absolute Gasteiger partial charge is 0.251 e. The fourth-order valence-corrected chi connectivity index (χ4v) is 3.90. The van der Waals surface area contributed by atoms with E-state index in [1.807, 2.05) is 29.2 Å². The Hall–Kier alpha value is -3.06. The number of carbonyl (C=O) groups is 2. The van der Waals surface area contributed by atoms with Crippen LogP contribution >= 0.6 is 11.6 Å². The summed E-state index contributed by atoms with van der Waals surface area (Å²) in [5.74, 6) is 0.841. The molecule has 0 unspecified atom stereocenters. The van der Waals surface area contributed by atoms with Gasteiger partial charge in [-0.2, -0.15) is 0 Å². The van der Waals surface area contributed by atoms with E-state index in [0.717, 1.165) is 43.0 Å². The normalized spacial score (nSPS) is 14.5. The number of H-pyrrole nitrogens is 1. The van der Waals surface area contributed by atoms with Crippen molar-refractivity contribution in [3.63, 3.8) is 0 Å². The number of nitrogens with zero attached hydrogens (tertiary/aromatic N) is 3. The summed E-state index contributed by atoms with van der Waals surface area (Å²) in [6, 6.07) is 14.7. The Labute approximate surface area is 186 Å². The first-order chi connectivity index (χ1) is 15.1. The molecule has 2 aromatic carbocycles. The molecule has 1 aromatic heterocycles. The van der Waals surface area contributed by atoms with Crippen LogP contribution < -0.4 is 10.2 Å². The highest BCUT2D eigenvalue weighted by Crippen LogP contribution is 2.18. The van der Waals surface area contributed by atoms with Crippen LogP contribution in [0.4, 0.5) is 5.95 Å². The molecule has 8 heteroatoms. The molecule has 31 heavy (non-hydrogen) atoms. The molecule has 1 saturated heterocycles. The van der Waals surface area contributed by atoms with E-state index in [9.17, 15) is 9.59 Å². The van der Waals surface area contributed by atoms with Crippen LogP contribution in [0.15, 0.2) is 48.5 Å². The number of carbonyl (C=O) groups excluding carboxylic acids is 2. The van der Waals surface area contributed by atoms with Crippen LogP contribution in [0.1, 0.15) is 29.6 Å². The highest BCUT2D eigenvalue weighted by atomic mass is 35.5. The Balaban J connectivity index is 1.22. The van der Waals surface area contributed by atoms with Crippen LogP contribution in [0.5, 0.6) is 0 Å². The number of nitrogens with one attached hydrogen (secondary N) is 2. The quantitative estimate of drug-likeness (QED) is 0.576. The largest absolute Gasteiger partial charge is 0.352 e. The summed E-state index contributed by atoms with van der Waals surface area (Å²) in [6.07, 6.45) is 1.93. The molecule has 2 heterocycles. The first kappa shape index (κ1) is 21.2. The van der Waals surface area contributed by atoms with E-state index in [-0.39, 0.29) is 11.8 Å². The van der Waals surface area contributed by atoms with Crippen LogP contribution in [0.25, 0.3) is 11.0 Å². The second-order valence-corrected chi connectivity index (χ2v) is 8.10. The number of hydrogen-bond acceptors (Lipinski definition) is 4. The lowest BCUT2D eigenvalue weighted by molar-refractivity contribution is -0.131. The molecule has 1 aliphatic rings. The molecule has 0 atom stereocenters. The summed E-state index contributed by atoms with van der Waals surface area (Å²) in [5.41, 5.74) is 2.54. The minimum atomic E-state index is -0.152. The van der Waals surface area contributed by atoms with Gasteiger partial charge < -0.3 is 20.1 Å². The molecule has 1 fully saturated rings. The van der Waals surface area contributed by atoms with Crippen molar-refractivity contribution in [1.82, 2.24) is 20.2 Å². The molecule has 3 aromatic rings. The number of benzene rings is 2. The van der Waals surface area contributed by atoms with E-state index in [1.165, 1.54) is 0 Å². The molecule has 0 bridgehead atoms. The monoisotopic (exact) mass is 439 g/mol. The van der Waals surface area contributed by atoms with Crippen molar-refractivity contribution < 1.29 is 9.59 Å². The van der Waals surface area contributed by atoms with Gasteiger partial charge in [0.2, 0.25) is 11.9 Å². The Bertz CT molecular complexity index is 1020. The van der Waals surface area contributed by atoms with Gasteiger partial charge in [0.1, 0.15) is 0 Å². The van der Waals surface area contributed by atoms with Gasteiger partial charge >= 0.3 is 0 Å². The first-order valence-corrected chi connectivity index (χ1v) is 11.0. The molecule has 0 radical (unpaired) electrons. The molecular weight excluding hydrogens is 414 g/mol. The molecule has 0 saturated carbocycles. The summed E-state index contributed by atoms with van der Waals surface area (Å²) < 4.78 is 0. The van der Waals surface area contributed by atoms with Gasteiger partial charge in [0.15, 0.2) is 0 Å². The predicted molar refractivity (Wildman–Crippen MR) is 123 cm³/mol. The van der Waals surface area contributed by atoms with Crippen molar-refractivity contribution in [2.45, 2.75) is 19.3 Å². The van der Waals surface area contributed by atoms with Gasteiger partial charge in [0, 0.05) is 49.7 Å². The zero-order valence-corrected chi connectivity index (χ0v) is 18.1. The number of anilines is 1. The van der Waals surface area contributed by atoms with E-state index in [4.69, 9.17) is 11.6 Å². The maximum Gasteiger partial charge on any atom is 0.251 e. The number of aromatic nitrogens is 2. The van der Waals surface area contributed by atoms with Crippen LogP contribution in [-0.2, 0) is 4.79 Å². The second-order valence-electron chi connectivity index (χ2n) is 7.67. The molecule has 2 N–H and O–H groups in total. The van der Waals surface area contributed by atoms with Crippen LogP contribution in [-0.4, -0.2) is 59.4 Å². The van der Waals surface area contributed by atoms with E-state index < -0.39 is 0 Å². The predicted octanol–water partition coefficient (Wildman–Crippen LogP) is 3.47. The Morgan fingerprint density at radius 1 is 1.03 bits per heavy atom. The van der Waals surface area contributed by atoms with Crippen molar-refractivity contribution in [3.8, 4) is 0 Å². The maximum atomic E-state index is 12.6. The number of halogens is 1. The number of hydrogen-bond donors (Lipinski definition) is 2. The third-order valence-electron chi connectivity index (χ3n) is 5.48. The average molecular weight is 440 g/mol. The zero-order chi connectivity index (χ0) is 21.6. The Morgan fingerprint density at radius 3 is 2.65 bits per heavy atom. The number of rotatable bonds is 6. The molecule has 0 aliphatic carbocycles. The van der Waals surface area contributed by atoms with E-state index in [0.29, 0.717) is 36.5 Å². The third kappa shape index (κ3) is 5.35. The van der Waals surface area contributed by atoms with E-state index >= 15 is 0 Å². The minimum Gasteiger partial charge on any atom is -0.352 e. The highest BCUT2D eigenvalue weighted by Gasteiger charge is 2.20. The average Bonchev–Trinajstić information content (AvgIpc) is 3.06. The topological polar surface area (TPSA) is 81.3 Å². The molecule has 7 nitrogen and oxygen atoms in total. The number of para-hydroxylation sites is 2. The molecule has 1 aliphatic heterocycles. The first-order valence-electron chi connectivity index (χ1n) is 10.6. The van der Waals surface area contributed by atoms with Gasteiger partial charge in [0.05, 0.1) is 11.0 Å². The van der Waals surface area contributed by atoms with Crippen molar-refractivity contribution in [1.29, 1.82) is 0 Å². The maximum absolute atomic E-state index is 12.6. The SMILES string of the molecule is O=C(NCCCC(=O)N1CCCN(c2nc3ccccc3[nH]2)CC1)c1ccc(Cl)cc1. The van der Waals surface area contributed by atoms with Gasteiger partial charge in [-0.05, 0) is 49.2 Å². The van der Waals surface area contributed by atoms with Crippen LogP contribution in [0, 0.1) is 0 Å². The van der Waals surface area contributed by atoms with E-state index in [2.05, 4.69) is 20.2 Å². The Morgan fingerprint density at radius 2 is 1.84 bits per heavy atom. The second kappa shape index (κ2) is 9.83. The van der Waals surface area contributed by atoms with Crippen LogP contribution in [0.2, 0.25) is 5.02 Å². The van der Waals surface area contributed by atoms with E-state index in [1.54, 1.807) is 24.3 Å². The lowest BCUT2D eigenvalue weighted by Crippen LogP contribution is -2.35. The van der Waals surface area contributed by atoms with Crippen LogP contribution in [0.3, 0.4) is 0 Å². The summed E-state index contributed by atoms with van der Waals surface area (Å²) >= 11 is 5.84. The molecule has 162 valence electrons. The van der Waals surface area contributed by atoms with Gasteiger partial charge in [0.25, 0.3) is 5.91 Å². The molecule has 0 spiro atoms. The van der Waals surface area contributed by atoms with Crippen molar-refractivity contribution in [2.24, 2.45) is 0 Å². The van der Waals surface area contributed by atoms with Gasteiger partial charge in [-0.3, -0.25) is 9.59 Å². The number of aromatic amines is 1. The fraction of sp³-hybridized carbons (Fsp3) is 0.348. The lowest BCUT2D eigenvalue weighted by atomic mass is 10.2. The number of fused-ring (bicyclic) bond motifs is 1. The molecule has 4 rings (SSSR count). The highest BCUT2D eigenvalue weighted by molar-refractivity contribution is 6.30. The standard InChI is InChI=1S/C23H26ClN5O2/c24-18-10-8-17(9-11-18)22(31)25-12-3-7-21(30)28-13-4-14-29(16-15-28)23-26-19-5-1-2-6-20(19)27-23/h1-2,5-6,8-11H,3-4,7,12-16H2,(H,25,31)(H,26,27). The fourth-order valence-electron chi connectivity index (χ4n) is 3.77. The third-order valence-corrected chi connectivity index (χ3v) is 5.74. The Kier molecular flexibility index (Phi) is 6.72. The number of amides is 2. The van der Waals surface area contributed by atoms with Crippen molar-refractivity contribution >= 4 is 40.4 Å². The van der Waals surface area contributed by atoms with Gasteiger partial charge in [-0.25, -0.2) is 4.98 Å². The van der Waals surface area contributed by atoms with Crippen molar-refractivity contribution in [3.05, 3.63) is 59.1 Å². The van der Waals surface area contributed by atoms with Gasteiger partial charge in [-0.15, -0.1) is 0 Å². The van der Waals surface area contributed by atoms with Gasteiger partial charge in [-0.1, -0.05) is 23.7 Å². The lowest BCUT2D eigenvalue weighted by Gasteiger charge is -2.21.